The van der Waals surface area contributed by atoms with E-state index in [0.29, 0.717) is 12.8 Å². The van der Waals surface area contributed by atoms with Crippen molar-refractivity contribution in [2.75, 3.05) is 13.2 Å². The van der Waals surface area contributed by atoms with E-state index in [9.17, 15) is 44.6 Å². The third kappa shape index (κ3) is 25.8. The molecule has 0 aliphatic heterocycles. The first-order valence-electron chi connectivity index (χ1n) is 22.0. The molecule has 0 aromatic heterocycles. The minimum Gasteiger partial charge on any atom is -0.462 e. The molecule has 0 amide bonds. The Morgan fingerprint density at radius 1 is 0.536 bits per heavy atom. The summed E-state index contributed by atoms with van der Waals surface area (Å²) in [5.74, 6) is -1.10. The van der Waals surface area contributed by atoms with Crippen LogP contribution in [0.5, 0.6) is 0 Å². The van der Waals surface area contributed by atoms with E-state index in [1.165, 1.54) is 89.9 Å². The fourth-order valence-corrected chi connectivity index (χ4v) is 7.73. The fraction of sp³-hybridized carbons (Fsp3) is 0.905. The van der Waals surface area contributed by atoms with Crippen molar-refractivity contribution < 1.29 is 63.1 Å². The standard InChI is InChI=1S/C42H79O13P/c1-3-5-7-9-11-13-15-17-19-20-22-24-26-28-30-35(43)52-32-34(33-53-56(50,51)55-42-40(48)38(46)37(45)39(47)41(42)49)54-36(44)31-29-27-25-23-21-18-16-14-12-10-8-6-4-2/h14,16,34,37-42,45-49H,3-13,15,17-33H2,1-2H3,(H,50,51)/b16-14+/t34-,37?,38-,39?,40?,41?,42?/m0/s1. The van der Waals surface area contributed by atoms with Gasteiger partial charge in [0.1, 0.15) is 43.2 Å². The summed E-state index contributed by atoms with van der Waals surface area (Å²) in [6.45, 7) is 3.27. The zero-order chi connectivity index (χ0) is 41.4. The number of carbonyl (C=O) groups excluding carboxylic acids is 2. The first kappa shape index (κ1) is 52.6. The van der Waals surface area contributed by atoms with E-state index in [1.807, 2.05) is 0 Å². The van der Waals surface area contributed by atoms with Gasteiger partial charge >= 0.3 is 19.8 Å². The number of hydrogen-bond donors (Lipinski definition) is 6. The van der Waals surface area contributed by atoms with Gasteiger partial charge in [-0.1, -0.05) is 148 Å². The van der Waals surface area contributed by atoms with E-state index in [-0.39, 0.29) is 12.8 Å². The number of hydrogen-bond acceptors (Lipinski definition) is 12. The third-order valence-electron chi connectivity index (χ3n) is 10.4. The molecule has 1 saturated carbocycles. The van der Waals surface area contributed by atoms with Gasteiger partial charge in [0.05, 0.1) is 6.61 Å². The van der Waals surface area contributed by atoms with Crippen molar-refractivity contribution in [2.24, 2.45) is 0 Å². The Bertz CT molecular complexity index is 1040. The number of phosphoric acid groups is 1. The van der Waals surface area contributed by atoms with Gasteiger partial charge in [0, 0.05) is 12.8 Å². The fourth-order valence-electron chi connectivity index (χ4n) is 6.75. The van der Waals surface area contributed by atoms with Crippen LogP contribution in [0.2, 0.25) is 0 Å². The van der Waals surface area contributed by atoms with E-state index < -0.39 is 75.7 Å². The number of ether oxygens (including phenoxy) is 2. The third-order valence-corrected chi connectivity index (χ3v) is 11.3. The number of aliphatic hydroxyl groups excluding tert-OH is 5. The van der Waals surface area contributed by atoms with Crippen LogP contribution < -0.4 is 0 Å². The Kier molecular flexibility index (Phi) is 31.4. The van der Waals surface area contributed by atoms with Crippen LogP contribution in [0.1, 0.15) is 187 Å². The molecule has 14 heteroatoms. The zero-order valence-corrected chi connectivity index (χ0v) is 35.6. The van der Waals surface area contributed by atoms with Gasteiger partial charge in [0.15, 0.2) is 6.10 Å². The van der Waals surface area contributed by atoms with Crippen LogP contribution in [0.3, 0.4) is 0 Å². The number of rotatable bonds is 36. The maximum Gasteiger partial charge on any atom is 0.472 e. The van der Waals surface area contributed by atoms with E-state index in [2.05, 4.69) is 26.0 Å². The molecule has 0 aromatic rings. The summed E-state index contributed by atoms with van der Waals surface area (Å²) in [5, 5.41) is 50.0. The molecule has 0 bridgehead atoms. The van der Waals surface area contributed by atoms with Crippen LogP contribution in [0.25, 0.3) is 0 Å². The Morgan fingerprint density at radius 3 is 1.38 bits per heavy atom. The smallest absolute Gasteiger partial charge is 0.462 e. The SMILES string of the molecule is CCCCCC/C=C/CCCCCCCC(=O)O[C@@H](COC(=O)CCCCCCCCCCCCCCCC)COP(=O)(O)OC1C(O)C(O)C(O)[C@H](O)C1O. The average molecular weight is 823 g/mol. The van der Waals surface area contributed by atoms with Gasteiger partial charge in [0.2, 0.25) is 0 Å². The molecule has 0 aromatic carbocycles. The highest BCUT2D eigenvalue weighted by molar-refractivity contribution is 7.47. The summed E-state index contributed by atoms with van der Waals surface area (Å²) in [4.78, 5) is 35.6. The summed E-state index contributed by atoms with van der Waals surface area (Å²) < 4.78 is 33.4. The van der Waals surface area contributed by atoms with Crippen molar-refractivity contribution >= 4 is 19.8 Å². The number of phosphoric ester groups is 1. The lowest BCUT2D eigenvalue weighted by molar-refractivity contribution is -0.220. The molecular formula is C42H79O13P. The van der Waals surface area contributed by atoms with Crippen LogP contribution in [0.4, 0.5) is 0 Å². The van der Waals surface area contributed by atoms with Gasteiger partial charge < -0.3 is 39.9 Å². The van der Waals surface area contributed by atoms with E-state index in [1.54, 1.807) is 0 Å². The largest absolute Gasteiger partial charge is 0.472 e. The second-order valence-electron chi connectivity index (χ2n) is 15.6. The Labute approximate surface area is 337 Å². The first-order valence-corrected chi connectivity index (χ1v) is 23.5. The molecule has 0 saturated heterocycles. The average Bonchev–Trinajstić information content (AvgIpc) is 3.18. The lowest BCUT2D eigenvalue weighted by Crippen LogP contribution is -2.64. The molecular weight excluding hydrogens is 743 g/mol. The summed E-state index contributed by atoms with van der Waals surface area (Å²) in [7, 11) is -5.11. The van der Waals surface area contributed by atoms with Crippen LogP contribution in [-0.4, -0.2) is 98.3 Å². The van der Waals surface area contributed by atoms with Crippen molar-refractivity contribution in [3.63, 3.8) is 0 Å². The number of esters is 2. The lowest BCUT2D eigenvalue weighted by atomic mass is 9.85. The predicted octanol–water partition coefficient (Wildman–Crippen LogP) is 7.89. The molecule has 330 valence electrons. The van der Waals surface area contributed by atoms with Gasteiger partial charge in [-0.2, -0.15) is 0 Å². The number of allylic oxidation sites excluding steroid dienone is 2. The normalized spacial score (nSPS) is 22.9. The summed E-state index contributed by atoms with van der Waals surface area (Å²) >= 11 is 0. The first-order chi connectivity index (χ1) is 26.9. The van der Waals surface area contributed by atoms with Crippen molar-refractivity contribution in [3.05, 3.63) is 12.2 Å². The zero-order valence-electron chi connectivity index (χ0n) is 34.7. The molecule has 1 fully saturated rings. The minimum atomic E-state index is -5.11. The van der Waals surface area contributed by atoms with Crippen molar-refractivity contribution in [3.8, 4) is 0 Å². The highest BCUT2D eigenvalue weighted by atomic mass is 31.2. The molecule has 0 radical (unpaired) electrons. The molecule has 1 aliphatic carbocycles. The minimum absolute atomic E-state index is 0.0903. The van der Waals surface area contributed by atoms with Gasteiger partial charge in [-0.05, 0) is 38.5 Å². The van der Waals surface area contributed by atoms with Crippen LogP contribution >= 0.6 is 7.82 Å². The number of unbranched alkanes of at least 4 members (excludes halogenated alkanes) is 22. The highest BCUT2D eigenvalue weighted by Gasteiger charge is 2.51. The second kappa shape index (κ2) is 33.4. The number of carbonyl (C=O) groups is 2. The van der Waals surface area contributed by atoms with Crippen molar-refractivity contribution in [2.45, 2.75) is 230 Å². The summed E-state index contributed by atoms with van der Waals surface area (Å²) in [6, 6.07) is 0. The van der Waals surface area contributed by atoms with Gasteiger partial charge in [0.25, 0.3) is 0 Å². The maximum atomic E-state index is 12.8. The molecule has 8 atom stereocenters. The molecule has 1 aliphatic rings. The predicted molar refractivity (Wildman–Crippen MR) is 217 cm³/mol. The van der Waals surface area contributed by atoms with Crippen LogP contribution in [0.15, 0.2) is 12.2 Å². The van der Waals surface area contributed by atoms with Gasteiger partial charge in [-0.3, -0.25) is 18.6 Å². The van der Waals surface area contributed by atoms with Crippen molar-refractivity contribution in [1.29, 1.82) is 0 Å². The molecule has 0 heterocycles. The van der Waals surface area contributed by atoms with Gasteiger partial charge in [-0.25, -0.2) is 4.57 Å². The molecule has 1 rings (SSSR count). The Morgan fingerprint density at radius 2 is 0.911 bits per heavy atom. The monoisotopic (exact) mass is 823 g/mol. The van der Waals surface area contributed by atoms with Crippen LogP contribution in [0, 0.1) is 0 Å². The lowest BCUT2D eigenvalue weighted by Gasteiger charge is -2.41. The highest BCUT2D eigenvalue weighted by Crippen LogP contribution is 2.47. The van der Waals surface area contributed by atoms with E-state index >= 15 is 0 Å². The molecule has 6 N–H and O–H groups in total. The molecule has 13 nitrogen and oxygen atoms in total. The second-order valence-corrected chi connectivity index (χ2v) is 17.0. The Hall–Kier alpha value is -1.41. The van der Waals surface area contributed by atoms with Crippen LogP contribution in [-0.2, 0) is 32.7 Å². The summed E-state index contributed by atoms with van der Waals surface area (Å²) in [5.41, 5.74) is 0. The Balaban J connectivity index is 2.48. The van der Waals surface area contributed by atoms with Gasteiger partial charge in [-0.15, -0.1) is 0 Å². The summed E-state index contributed by atoms with van der Waals surface area (Å²) in [6.07, 6.45) is 19.9. The van der Waals surface area contributed by atoms with E-state index in [4.69, 9.17) is 18.5 Å². The quantitative estimate of drug-likeness (QED) is 0.0154. The molecule has 6 unspecified atom stereocenters. The molecule has 0 spiro atoms. The number of aliphatic hydroxyl groups is 5. The van der Waals surface area contributed by atoms with E-state index in [0.717, 1.165) is 57.8 Å². The topological polar surface area (TPSA) is 210 Å². The molecule has 56 heavy (non-hydrogen) atoms. The van der Waals surface area contributed by atoms with Crippen molar-refractivity contribution in [1.82, 2.24) is 0 Å². The maximum absolute atomic E-state index is 12.8.